The summed E-state index contributed by atoms with van der Waals surface area (Å²) in [7, 11) is 5.84. The van der Waals surface area contributed by atoms with Crippen LogP contribution in [0.5, 0.6) is 11.6 Å². The molecular weight excluding hydrogens is 438 g/mol. The summed E-state index contributed by atoms with van der Waals surface area (Å²) >= 11 is 0. The number of nitrogens with one attached hydrogen (secondary N) is 1. The molecule has 0 aliphatic rings. The quantitative estimate of drug-likeness (QED) is 0.406. The summed E-state index contributed by atoms with van der Waals surface area (Å²) in [5.74, 6) is 0.702. The van der Waals surface area contributed by atoms with Crippen molar-refractivity contribution in [3.63, 3.8) is 0 Å². The Balaban J connectivity index is 1.78. The number of benzene rings is 3. The van der Waals surface area contributed by atoms with Crippen molar-refractivity contribution in [1.82, 2.24) is 4.57 Å². The van der Waals surface area contributed by atoms with Gasteiger partial charge in [-0.05, 0) is 67.4 Å². The topological polar surface area (TPSA) is 68.3 Å². The van der Waals surface area contributed by atoms with Crippen molar-refractivity contribution in [1.29, 1.82) is 0 Å². The molecule has 180 valence electrons. The van der Waals surface area contributed by atoms with Crippen LogP contribution in [0, 0.1) is 13.8 Å². The molecule has 4 aromatic rings. The molecule has 0 unspecified atom stereocenters. The van der Waals surface area contributed by atoms with E-state index in [0.29, 0.717) is 28.6 Å². The lowest BCUT2D eigenvalue weighted by Crippen LogP contribution is -3.06. The number of quaternary nitrogens is 1. The molecule has 2 N–H and O–H groups in total. The average Bonchev–Trinajstić information content (AvgIpc) is 2.85. The molecule has 0 saturated heterocycles. The third kappa shape index (κ3) is 4.84. The number of aromatic hydroxyl groups is 1. The van der Waals surface area contributed by atoms with Crippen molar-refractivity contribution >= 4 is 17.0 Å². The molecule has 6 heteroatoms. The van der Waals surface area contributed by atoms with Gasteiger partial charge in [-0.2, -0.15) is 0 Å². The van der Waals surface area contributed by atoms with E-state index in [4.69, 9.17) is 9.73 Å². The normalized spacial score (nSPS) is 12.5. The number of hydrogen-bond acceptors (Lipinski definition) is 4. The van der Waals surface area contributed by atoms with E-state index in [9.17, 15) is 9.90 Å². The van der Waals surface area contributed by atoms with Crippen LogP contribution in [0.1, 0.15) is 28.3 Å². The minimum atomic E-state index is -0.257. The molecule has 0 saturated carbocycles. The van der Waals surface area contributed by atoms with Gasteiger partial charge in [-0.1, -0.05) is 24.3 Å². The van der Waals surface area contributed by atoms with Crippen LogP contribution in [0.25, 0.3) is 16.5 Å². The Morgan fingerprint density at radius 2 is 1.69 bits per heavy atom. The van der Waals surface area contributed by atoms with Crippen LogP contribution < -0.4 is 15.2 Å². The summed E-state index contributed by atoms with van der Waals surface area (Å²) in [4.78, 5) is 19.3. The molecule has 1 aromatic heterocycles. The van der Waals surface area contributed by atoms with E-state index in [0.717, 1.165) is 22.4 Å². The number of aliphatic imine (C=N–C) groups is 1. The summed E-state index contributed by atoms with van der Waals surface area (Å²) in [6.07, 6.45) is 1.69. The van der Waals surface area contributed by atoms with Crippen LogP contribution >= 0.6 is 0 Å². The number of pyridine rings is 1. The average molecular weight is 471 g/mol. The first-order chi connectivity index (χ1) is 16.8. The van der Waals surface area contributed by atoms with Gasteiger partial charge < -0.3 is 14.7 Å². The van der Waals surface area contributed by atoms with Crippen LogP contribution in [-0.2, 0) is 0 Å². The Hall–Kier alpha value is -3.90. The maximum Gasteiger partial charge on any atom is 0.265 e. The highest BCUT2D eigenvalue weighted by Crippen LogP contribution is 2.27. The second kappa shape index (κ2) is 10.2. The number of hydrogen-bond donors (Lipinski definition) is 2. The Morgan fingerprint density at radius 1 is 1.00 bits per heavy atom. The third-order valence-electron chi connectivity index (χ3n) is 6.58. The zero-order chi connectivity index (χ0) is 25.1. The van der Waals surface area contributed by atoms with E-state index in [2.05, 4.69) is 26.2 Å². The largest absolute Gasteiger partial charge is 0.497 e. The van der Waals surface area contributed by atoms with Gasteiger partial charge in [0.2, 0.25) is 5.88 Å². The molecule has 1 atom stereocenters. The lowest BCUT2D eigenvalue weighted by Gasteiger charge is -2.20. The van der Waals surface area contributed by atoms with Crippen LogP contribution in [0.2, 0.25) is 0 Å². The molecule has 4 rings (SSSR count). The molecule has 0 spiro atoms. The third-order valence-corrected chi connectivity index (χ3v) is 6.58. The van der Waals surface area contributed by atoms with E-state index in [1.54, 1.807) is 19.4 Å². The van der Waals surface area contributed by atoms with Gasteiger partial charge in [-0.15, -0.1) is 0 Å². The molecular formula is C29H32N3O3+. The smallest absolute Gasteiger partial charge is 0.265 e. The van der Waals surface area contributed by atoms with Gasteiger partial charge in [0, 0.05) is 22.6 Å². The number of ether oxygens (including phenoxy) is 1. The Morgan fingerprint density at radius 3 is 2.31 bits per heavy atom. The summed E-state index contributed by atoms with van der Waals surface area (Å²) in [6.45, 7) is 4.53. The van der Waals surface area contributed by atoms with Crippen LogP contribution in [0.4, 0.5) is 0 Å². The van der Waals surface area contributed by atoms with Gasteiger partial charge in [0.15, 0.2) is 0 Å². The second-order valence-corrected chi connectivity index (χ2v) is 9.09. The number of nitrogens with zero attached hydrogens (tertiary/aromatic N) is 2. The first-order valence-corrected chi connectivity index (χ1v) is 11.7. The van der Waals surface area contributed by atoms with Crippen LogP contribution in [0.3, 0.4) is 0 Å². The first kappa shape index (κ1) is 24.2. The fourth-order valence-electron chi connectivity index (χ4n) is 4.30. The zero-order valence-corrected chi connectivity index (χ0v) is 20.9. The molecule has 0 radical (unpaired) electrons. The molecule has 0 bridgehead atoms. The number of aromatic nitrogens is 1. The van der Waals surface area contributed by atoms with Crippen LogP contribution in [0.15, 0.2) is 76.5 Å². The number of rotatable bonds is 7. The fraction of sp³-hybridized carbons (Fsp3) is 0.241. The summed E-state index contributed by atoms with van der Waals surface area (Å²) in [6, 6.07) is 21.2. The maximum absolute atomic E-state index is 13.4. The Bertz CT molecular complexity index is 1440. The highest BCUT2D eigenvalue weighted by molar-refractivity contribution is 6.01. The summed E-state index contributed by atoms with van der Waals surface area (Å²) in [5.41, 5.74) is 4.23. The second-order valence-electron chi connectivity index (χ2n) is 9.09. The van der Waals surface area contributed by atoms with Crippen molar-refractivity contribution < 1.29 is 14.7 Å². The van der Waals surface area contributed by atoms with Gasteiger partial charge in [-0.25, -0.2) is 4.57 Å². The van der Waals surface area contributed by atoms with E-state index >= 15 is 0 Å². The monoisotopic (exact) mass is 470 g/mol. The van der Waals surface area contributed by atoms with Crippen molar-refractivity contribution in [3.05, 3.63) is 99.3 Å². The van der Waals surface area contributed by atoms with Crippen LogP contribution in [-0.4, -0.2) is 43.6 Å². The summed E-state index contributed by atoms with van der Waals surface area (Å²) in [5, 5.41) is 12.5. The molecule has 1 heterocycles. The van der Waals surface area contributed by atoms with Gasteiger partial charge in [-0.3, -0.25) is 9.79 Å². The molecule has 3 aromatic carbocycles. The number of likely N-dealkylation sites (N-methyl/N-ethyl adjacent to an activating group) is 1. The van der Waals surface area contributed by atoms with Crippen molar-refractivity contribution in [2.45, 2.75) is 19.9 Å². The van der Waals surface area contributed by atoms with E-state index < -0.39 is 0 Å². The van der Waals surface area contributed by atoms with Gasteiger partial charge in [0.05, 0.1) is 39.0 Å². The standard InChI is InChI=1S/C29H31N3O3/c1-19-10-13-22(16-20(19)2)32-28(33)25-9-7-6-8-24(25)26(29(32)34)17-30-18-27(31(3)4)21-11-14-23(35-5)15-12-21/h6-17,27,34H,18H2,1-5H3/p+1/t27-/m0/s1. The SMILES string of the molecule is COc1ccc([C@H](CN=Cc2c(O)n(-c3ccc(C)c(C)c3)c(=O)c3ccccc23)[NH+](C)C)cc1. The summed E-state index contributed by atoms with van der Waals surface area (Å²) < 4.78 is 6.65. The van der Waals surface area contributed by atoms with E-state index in [1.807, 2.05) is 62.4 Å². The number of methoxy groups -OCH3 is 1. The highest BCUT2D eigenvalue weighted by Gasteiger charge is 2.19. The molecule has 35 heavy (non-hydrogen) atoms. The van der Waals surface area contributed by atoms with Crippen molar-refractivity contribution in [2.24, 2.45) is 4.99 Å². The lowest BCUT2D eigenvalue weighted by molar-refractivity contribution is -0.890. The molecule has 6 nitrogen and oxygen atoms in total. The fourth-order valence-corrected chi connectivity index (χ4v) is 4.30. The Kier molecular flexibility index (Phi) is 7.03. The minimum absolute atomic E-state index is 0.112. The predicted octanol–water partition coefficient (Wildman–Crippen LogP) is 3.63. The van der Waals surface area contributed by atoms with Gasteiger partial charge in [0.1, 0.15) is 11.8 Å². The maximum atomic E-state index is 13.4. The highest BCUT2D eigenvalue weighted by atomic mass is 16.5. The zero-order valence-electron chi connectivity index (χ0n) is 20.9. The predicted molar refractivity (Wildman–Crippen MR) is 142 cm³/mol. The van der Waals surface area contributed by atoms with Gasteiger partial charge >= 0.3 is 0 Å². The molecule has 0 aliphatic heterocycles. The Labute approximate surface area is 205 Å². The van der Waals surface area contributed by atoms with Crippen molar-refractivity contribution in [3.8, 4) is 17.3 Å². The first-order valence-electron chi connectivity index (χ1n) is 11.7. The molecule has 0 aliphatic carbocycles. The lowest BCUT2D eigenvalue weighted by atomic mass is 10.0. The number of fused-ring (bicyclic) bond motifs is 1. The minimum Gasteiger partial charge on any atom is -0.497 e. The number of aryl methyl sites for hydroxylation is 2. The molecule has 0 fully saturated rings. The molecule has 0 amide bonds. The van der Waals surface area contributed by atoms with Crippen molar-refractivity contribution in [2.75, 3.05) is 27.7 Å². The van der Waals surface area contributed by atoms with Gasteiger partial charge in [0.25, 0.3) is 5.56 Å². The van der Waals surface area contributed by atoms with E-state index in [-0.39, 0.29) is 17.5 Å². The van der Waals surface area contributed by atoms with E-state index in [1.165, 1.54) is 9.47 Å².